The zero-order valence-electron chi connectivity index (χ0n) is 18.2. The highest BCUT2D eigenvalue weighted by Crippen LogP contribution is 2.30. The standard InChI is InChI=1S/C24H25Cl2FN6/c25-18-7-6-17(15-20(18)27)21-16-22(30-24(29-21)33-9-3-4-10-33)31-11-13-32(14-12-31)23-19(26)5-1-2-8-28-23/h1-2,6-8,15-16H,3-5,9-14H2. The molecule has 2 aromatic rings. The molecule has 4 heterocycles. The van der Waals surface area contributed by atoms with Crippen molar-refractivity contribution in [1.29, 1.82) is 0 Å². The Hall–Kier alpha value is -2.64. The van der Waals surface area contributed by atoms with Crippen LogP contribution in [-0.4, -0.2) is 60.4 Å². The van der Waals surface area contributed by atoms with Gasteiger partial charge in [0.2, 0.25) is 5.95 Å². The molecule has 5 rings (SSSR count). The molecule has 0 unspecified atom stereocenters. The largest absolute Gasteiger partial charge is 0.353 e. The van der Waals surface area contributed by atoms with Crippen LogP contribution in [0, 0.1) is 5.82 Å². The molecule has 1 aromatic carbocycles. The number of halogens is 3. The number of piperazine rings is 1. The van der Waals surface area contributed by atoms with Crippen LogP contribution in [0.2, 0.25) is 5.02 Å². The first-order valence-corrected chi connectivity index (χ1v) is 12.0. The summed E-state index contributed by atoms with van der Waals surface area (Å²) in [5.74, 6) is 1.94. The molecule has 0 N–H and O–H groups in total. The number of hydrogen-bond donors (Lipinski definition) is 0. The fraction of sp³-hybridized carbons (Fsp3) is 0.375. The number of hydrogen-bond acceptors (Lipinski definition) is 6. The Labute approximate surface area is 203 Å². The van der Waals surface area contributed by atoms with E-state index in [1.807, 2.05) is 18.2 Å². The summed E-state index contributed by atoms with van der Waals surface area (Å²) in [7, 11) is 0. The summed E-state index contributed by atoms with van der Waals surface area (Å²) in [6, 6.07) is 6.75. The molecular weight excluding hydrogens is 462 g/mol. The summed E-state index contributed by atoms with van der Waals surface area (Å²) in [6.07, 6.45) is 8.68. The first-order chi connectivity index (χ1) is 16.1. The molecule has 6 nitrogen and oxygen atoms in total. The average Bonchev–Trinajstić information content (AvgIpc) is 3.30. The molecule has 1 aromatic heterocycles. The molecule has 0 amide bonds. The van der Waals surface area contributed by atoms with Crippen LogP contribution in [0.4, 0.5) is 16.2 Å². The molecule has 9 heteroatoms. The zero-order valence-corrected chi connectivity index (χ0v) is 19.7. The van der Waals surface area contributed by atoms with Crippen molar-refractivity contribution in [3.8, 4) is 11.3 Å². The summed E-state index contributed by atoms with van der Waals surface area (Å²) >= 11 is 12.4. The topological polar surface area (TPSA) is 47.9 Å². The SMILES string of the molecule is Fc1cc(-c2cc(N3CCN(C4=C(Cl)CC=CC=N4)CC3)nc(N3CCCC3)n2)ccc1Cl. The van der Waals surface area contributed by atoms with E-state index in [1.165, 1.54) is 6.07 Å². The minimum Gasteiger partial charge on any atom is -0.353 e. The Kier molecular flexibility index (Phi) is 6.51. The molecule has 2 saturated heterocycles. The number of anilines is 2. The summed E-state index contributed by atoms with van der Waals surface area (Å²) in [4.78, 5) is 20.9. The van der Waals surface area contributed by atoms with Crippen LogP contribution in [0.25, 0.3) is 11.3 Å². The number of nitrogens with zero attached hydrogens (tertiary/aromatic N) is 6. The number of rotatable bonds is 4. The summed E-state index contributed by atoms with van der Waals surface area (Å²) < 4.78 is 14.2. The number of aromatic nitrogens is 2. The van der Waals surface area contributed by atoms with E-state index in [1.54, 1.807) is 18.3 Å². The van der Waals surface area contributed by atoms with Gasteiger partial charge >= 0.3 is 0 Å². The number of benzene rings is 1. The van der Waals surface area contributed by atoms with Gasteiger partial charge in [-0.2, -0.15) is 4.98 Å². The first-order valence-electron chi connectivity index (χ1n) is 11.3. The van der Waals surface area contributed by atoms with Crippen LogP contribution in [-0.2, 0) is 0 Å². The maximum absolute atomic E-state index is 14.2. The fourth-order valence-corrected chi connectivity index (χ4v) is 4.73. The Morgan fingerprint density at radius 2 is 1.61 bits per heavy atom. The van der Waals surface area contributed by atoms with Gasteiger partial charge in [0.1, 0.15) is 17.5 Å². The van der Waals surface area contributed by atoms with Crippen molar-refractivity contribution in [2.24, 2.45) is 4.99 Å². The van der Waals surface area contributed by atoms with Crippen LogP contribution in [0.5, 0.6) is 0 Å². The Morgan fingerprint density at radius 3 is 2.36 bits per heavy atom. The van der Waals surface area contributed by atoms with E-state index in [2.05, 4.69) is 19.7 Å². The lowest BCUT2D eigenvalue weighted by molar-refractivity contribution is 0.316. The maximum Gasteiger partial charge on any atom is 0.227 e. The lowest BCUT2D eigenvalue weighted by atomic mass is 10.1. The lowest BCUT2D eigenvalue weighted by Crippen LogP contribution is -2.46. The van der Waals surface area contributed by atoms with Gasteiger partial charge in [0, 0.05) is 63.5 Å². The minimum atomic E-state index is -0.450. The third-order valence-electron chi connectivity index (χ3n) is 6.17. The highest BCUT2D eigenvalue weighted by molar-refractivity contribution is 6.30. The summed E-state index contributed by atoms with van der Waals surface area (Å²) in [5, 5.41) is 0.868. The summed E-state index contributed by atoms with van der Waals surface area (Å²) in [5.41, 5.74) is 1.39. The maximum atomic E-state index is 14.2. The van der Waals surface area contributed by atoms with Gasteiger partial charge in [-0.15, -0.1) is 0 Å². The third kappa shape index (κ3) is 4.84. The lowest BCUT2D eigenvalue weighted by Gasteiger charge is -2.37. The predicted molar refractivity (Wildman–Crippen MR) is 133 cm³/mol. The number of allylic oxidation sites excluding steroid dienone is 3. The highest BCUT2D eigenvalue weighted by atomic mass is 35.5. The Balaban J connectivity index is 1.41. The Morgan fingerprint density at radius 1 is 0.848 bits per heavy atom. The molecule has 0 saturated carbocycles. The molecule has 0 atom stereocenters. The molecular formula is C24H25Cl2FN6. The van der Waals surface area contributed by atoms with Crippen LogP contribution >= 0.6 is 23.2 Å². The van der Waals surface area contributed by atoms with Crippen molar-refractivity contribution in [2.45, 2.75) is 19.3 Å². The van der Waals surface area contributed by atoms with Crippen molar-refractivity contribution < 1.29 is 4.39 Å². The monoisotopic (exact) mass is 486 g/mol. The van der Waals surface area contributed by atoms with Gasteiger partial charge < -0.3 is 14.7 Å². The molecule has 0 radical (unpaired) electrons. The quantitative estimate of drug-likeness (QED) is 0.601. The van der Waals surface area contributed by atoms with Crippen LogP contribution in [0.15, 0.2) is 52.3 Å². The minimum absolute atomic E-state index is 0.105. The van der Waals surface area contributed by atoms with Crippen molar-refractivity contribution in [1.82, 2.24) is 14.9 Å². The van der Waals surface area contributed by atoms with Gasteiger partial charge in [0.05, 0.1) is 15.7 Å². The van der Waals surface area contributed by atoms with Gasteiger partial charge in [-0.25, -0.2) is 14.4 Å². The van der Waals surface area contributed by atoms with Crippen LogP contribution < -0.4 is 9.80 Å². The van der Waals surface area contributed by atoms with E-state index in [0.29, 0.717) is 23.6 Å². The second-order valence-electron chi connectivity index (χ2n) is 8.35. The molecule has 0 bridgehead atoms. The van der Waals surface area contributed by atoms with Crippen molar-refractivity contribution in [3.63, 3.8) is 0 Å². The van der Waals surface area contributed by atoms with E-state index in [9.17, 15) is 4.39 Å². The Bertz CT molecular complexity index is 1120. The van der Waals surface area contributed by atoms with E-state index >= 15 is 0 Å². The van der Waals surface area contributed by atoms with Gasteiger partial charge in [-0.1, -0.05) is 35.3 Å². The molecule has 0 aliphatic carbocycles. The third-order valence-corrected chi connectivity index (χ3v) is 6.80. The van der Waals surface area contributed by atoms with Crippen molar-refractivity contribution >= 4 is 41.2 Å². The van der Waals surface area contributed by atoms with E-state index < -0.39 is 5.82 Å². The van der Waals surface area contributed by atoms with E-state index in [-0.39, 0.29) is 5.02 Å². The van der Waals surface area contributed by atoms with E-state index in [0.717, 1.165) is 68.8 Å². The second kappa shape index (κ2) is 9.69. The summed E-state index contributed by atoms with van der Waals surface area (Å²) in [6.45, 7) is 5.01. The fourth-order valence-electron chi connectivity index (χ4n) is 4.35. The van der Waals surface area contributed by atoms with Crippen LogP contribution in [0.3, 0.4) is 0 Å². The molecule has 3 aliphatic heterocycles. The molecule has 0 spiro atoms. The second-order valence-corrected chi connectivity index (χ2v) is 9.21. The van der Waals surface area contributed by atoms with Crippen LogP contribution in [0.1, 0.15) is 19.3 Å². The normalized spacial score (nSPS) is 18.9. The number of aliphatic imine (C=N–C) groups is 1. The molecule has 172 valence electrons. The van der Waals surface area contributed by atoms with E-state index in [4.69, 9.17) is 33.2 Å². The molecule has 2 fully saturated rings. The van der Waals surface area contributed by atoms with Gasteiger partial charge in [0.15, 0.2) is 0 Å². The molecule has 33 heavy (non-hydrogen) atoms. The molecule has 3 aliphatic rings. The average molecular weight is 487 g/mol. The first kappa shape index (κ1) is 22.2. The van der Waals surface area contributed by atoms with Gasteiger partial charge in [0.25, 0.3) is 0 Å². The van der Waals surface area contributed by atoms with Gasteiger partial charge in [-0.3, -0.25) is 0 Å². The van der Waals surface area contributed by atoms with Crippen molar-refractivity contribution in [2.75, 3.05) is 49.1 Å². The smallest absolute Gasteiger partial charge is 0.227 e. The van der Waals surface area contributed by atoms with Crippen molar-refractivity contribution in [3.05, 3.63) is 58.1 Å². The predicted octanol–water partition coefficient (Wildman–Crippen LogP) is 5.10. The van der Waals surface area contributed by atoms with Gasteiger partial charge in [-0.05, 0) is 31.1 Å². The highest BCUT2D eigenvalue weighted by Gasteiger charge is 2.24. The zero-order chi connectivity index (χ0) is 22.8.